The number of para-hydroxylation sites is 1. The number of aromatic nitrogens is 2. The second-order valence-corrected chi connectivity index (χ2v) is 10.1. The predicted molar refractivity (Wildman–Crippen MR) is 131 cm³/mol. The first-order valence-electron chi connectivity index (χ1n) is 12.3. The van der Waals surface area contributed by atoms with Gasteiger partial charge in [0.1, 0.15) is 0 Å². The lowest BCUT2D eigenvalue weighted by atomic mass is 9.63. The molecule has 0 amide bonds. The zero-order valence-electron chi connectivity index (χ0n) is 19.6. The molecule has 3 aliphatic rings. The van der Waals surface area contributed by atoms with Gasteiger partial charge < -0.3 is 5.11 Å². The summed E-state index contributed by atoms with van der Waals surface area (Å²) in [6.45, 7) is 6.64. The summed E-state index contributed by atoms with van der Waals surface area (Å²) in [5.41, 5.74) is 5.46. The first-order chi connectivity index (χ1) is 16.0. The predicted octanol–water partition coefficient (Wildman–Crippen LogP) is 6.15. The molecule has 2 saturated carbocycles. The van der Waals surface area contributed by atoms with Crippen LogP contribution >= 0.6 is 0 Å². The fourth-order valence-corrected chi connectivity index (χ4v) is 6.32. The van der Waals surface area contributed by atoms with E-state index in [9.17, 15) is 10.4 Å². The Morgan fingerprint density at radius 3 is 2.76 bits per heavy atom. The van der Waals surface area contributed by atoms with Crippen molar-refractivity contribution in [3.63, 3.8) is 0 Å². The van der Waals surface area contributed by atoms with E-state index in [0.29, 0.717) is 12.3 Å². The van der Waals surface area contributed by atoms with Gasteiger partial charge >= 0.3 is 0 Å². The van der Waals surface area contributed by atoms with Crippen LogP contribution in [0.15, 0.2) is 72.0 Å². The topological polar surface area (TPSA) is 61.8 Å². The zero-order valence-corrected chi connectivity index (χ0v) is 19.6. The monoisotopic (exact) mass is 439 g/mol. The summed E-state index contributed by atoms with van der Waals surface area (Å²) in [4.78, 5) is 0. The third-order valence-electron chi connectivity index (χ3n) is 8.37. The summed E-state index contributed by atoms with van der Waals surface area (Å²) in [7, 11) is 0. The Labute approximate surface area is 196 Å². The molecule has 2 aromatic rings. The van der Waals surface area contributed by atoms with E-state index in [1.807, 2.05) is 29.1 Å². The molecule has 2 unspecified atom stereocenters. The lowest BCUT2D eigenvalue weighted by Crippen LogP contribution is -2.48. The number of allylic oxidation sites excluding steroid dienone is 4. The fraction of sp³-hybridized carbons (Fsp3) is 0.448. The Hall–Kier alpha value is -2.90. The van der Waals surface area contributed by atoms with Gasteiger partial charge in [0.2, 0.25) is 0 Å². The summed E-state index contributed by atoms with van der Waals surface area (Å²) < 4.78 is 2.00. The van der Waals surface area contributed by atoms with E-state index >= 15 is 0 Å². The summed E-state index contributed by atoms with van der Waals surface area (Å²) in [6, 6.07) is 12.6. The van der Waals surface area contributed by atoms with Crippen LogP contribution in [0.2, 0.25) is 0 Å². The van der Waals surface area contributed by atoms with Crippen LogP contribution in [0.1, 0.15) is 62.6 Å². The highest BCUT2D eigenvalue weighted by atomic mass is 16.3. The van der Waals surface area contributed by atoms with Crippen molar-refractivity contribution in [3.05, 3.63) is 83.2 Å². The van der Waals surface area contributed by atoms with Crippen LogP contribution < -0.4 is 0 Å². The average Bonchev–Trinajstić information content (AvgIpc) is 3.59. The molecular formula is C29H33N3O. The van der Waals surface area contributed by atoms with Gasteiger partial charge in [0.05, 0.1) is 23.6 Å². The van der Waals surface area contributed by atoms with Gasteiger partial charge in [-0.05, 0) is 93.9 Å². The van der Waals surface area contributed by atoms with E-state index < -0.39 is 5.60 Å². The van der Waals surface area contributed by atoms with Crippen LogP contribution in [-0.2, 0) is 6.42 Å². The maximum atomic E-state index is 12.2. The molecule has 0 bridgehead atoms. The summed E-state index contributed by atoms with van der Waals surface area (Å²) in [5, 5.41) is 26.5. The van der Waals surface area contributed by atoms with E-state index in [-0.39, 0.29) is 5.41 Å². The minimum Gasteiger partial charge on any atom is -0.389 e. The number of nitriles is 1. The summed E-state index contributed by atoms with van der Waals surface area (Å²) in [6.07, 6.45) is 14.1. The van der Waals surface area contributed by atoms with Gasteiger partial charge in [-0.15, -0.1) is 0 Å². The fourth-order valence-electron chi connectivity index (χ4n) is 6.32. The van der Waals surface area contributed by atoms with E-state index in [1.54, 1.807) is 0 Å². The van der Waals surface area contributed by atoms with Crippen molar-refractivity contribution in [1.82, 2.24) is 9.78 Å². The molecular weight excluding hydrogens is 406 g/mol. The highest BCUT2D eigenvalue weighted by molar-refractivity contribution is 5.40. The maximum absolute atomic E-state index is 12.2. The molecule has 1 aromatic carbocycles. The van der Waals surface area contributed by atoms with Crippen molar-refractivity contribution >= 4 is 0 Å². The smallest absolute Gasteiger partial charge is 0.0950 e. The molecule has 1 aromatic heterocycles. The Bertz CT molecular complexity index is 1160. The normalized spacial score (nSPS) is 27.2. The van der Waals surface area contributed by atoms with Gasteiger partial charge in [0, 0.05) is 16.7 Å². The molecule has 170 valence electrons. The number of hydrogen-bond donors (Lipinski definition) is 1. The molecule has 0 saturated heterocycles. The van der Waals surface area contributed by atoms with Gasteiger partial charge in [-0.25, -0.2) is 4.68 Å². The Morgan fingerprint density at radius 1 is 1.24 bits per heavy atom. The molecule has 33 heavy (non-hydrogen) atoms. The van der Waals surface area contributed by atoms with Crippen LogP contribution in [0.3, 0.4) is 0 Å². The Morgan fingerprint density at radius 2 is 2.03 bits per heavy atom. The second-order valence-electron chi connectivity index (χ2n) is 10.1. The third kappa shape index (κ3) is 3.69. The SMILES string of the molecule is C=C1CCC(O)(CCC2=C(C#N)CCC=C2)C1(Cc1cnn(-c2ccccc2)c1C)C1CC1. The van der Waals surface area contributed by atoms with Crippen molar-refractivity contribution < 1.29 is 5.11 Å². The molecule has 4 nitrogen and oxygen atoms in total. The van der Waals surface area contributed by atoms with Crippen molar-refractivity contribution in [3.8, 4) is 11.8 Å². The summed E-state index contributed by atoms with van der Waals surface area (Å²) >= 11 is 0. The zero-order chi connectivity index (χ0) is 23.1. The maximum Gasteiger partial charge on any atom is 0.0950 e. The van der Waals surface area contributed by atoms with Gasteiger partial charge in [0.15, 0.2) is 0 Å². The molecule has 0 radical (unpaired) electrons. The molecule has 4 heteroatoms. The Balaban J connectivity index is 1.46. The van der Waals surface area contributed by atoms with Gasteiger partial charge in [-0.1, -0.05) is 42.5 Å². The molecule has 0 spiro atoms. The van der Waals surface area contributed by atoms with Gasteiger partial charge in [-0.3, -0.25) is 0 Å². The standard InChI is InChI=1S/C29H33N3O/c1-21-14-16-28(33,17-15-23-8-6-7-9-24(23)19-30)29(21,26-12-13-26)18-25-20-31-32(22(25)2)27-10-4-3-5-11-27/h3-6,8,10-11,20,26,33H,1,7,9,12-18H2,2H3. The van der Waals surface area contributed by atoms with Gasteiger partial charge in [-0.2, -0.15) is 10.4 Å². The molecule has 5 rings (SSSR count). The van der Waals surface area contributed by atoms with Crippen LogP contribution in [0.4, 0.5) is 0 Å². The number of rotatable bonds is 7. The van der Waals surface area contributed by atoms with Crippen molar-refractivity contribution in [2.45, 2.75) is 70.3 Å². The molecule has 2 atom stereocenters. The van der Waals surface area contributed by atoms with E-state index in [2.05, 4.69) is 43.9 Å². The second kappa shape index (κ2) is 8.47. The minimum atomic E-state index is -0.800. The molecule has 0 aliphatic heterocycles. The highest BCUT2D eigenvalue weighted by Crippen LogP contribution is 2.64. The summed E-state index contributed by atoms with van der Waals surface area (Å²) in [5.74, 6) is 0.475. The van der Waals surface area contributed by atoms with Gasteiger partial charge in [0.25, 0.3) is 0 Å². The molecule has 1 N–H and O–H groups in total. The third-order valence-corrected chi connectivity index (χ3v) is 8.37. The van der Waals surface area contributed by atoms with Crippen LogP contribution in [-0.4, -0.2) is 20.5 Å². The lowest BCUT2D eigenvalue weighted by molar-refractivity contribution is -0.0656. The van der Waals surface area contributed by atoms with Crippen molar-refractivity contribution in [2.75, 3.05) is 0 Å². The number of nitrogens with zero attached hydrogens (tertiary/aromatic N) is 3. The molecule has 3 aliphatic carbocycles. The van der Waals surface area contributed by atoms with E-state index in [4.69, 9.17) is 5.10 Å². The first kappa shape index (κ1) is 21.9. The van der Waals surface area contributed by atoms with Crippen LogP contribution in [0, 0.1) is 29.6 Å². The molecule has 1 heterocycles. The number of aliphatic hydroxyl groups is 1. The minimum absolute atomic E-state index is 0.311. The number of benzene rings is 1. The lowest BCUT2D eigenvalue weighted by Gasteiger charge is -2.44. The van der Waals surface area contributed by atoms with Crippen molar-refractivity contribution in [2.24, 2.45) is 11.3 Å². The van der Waals surface area contributed by atoms with E-state index in [0.717, 1.165) is 73.9 Å². The number of hydrogen-bond acceptors (Lipinski definition) is 3. The largest absolute Gasteiger partial charge is 0.389 e. The molecule has 2 fully saturated rings. The highest BCUT2D eigenvalue weighted by Gasteiger charge is 2.62. The van der Waals surface area contributed by atoms with E-state index in [1.165, 1.54) is 11.1 Å². The first-order valence-corrected chi connectivity index (χ1v) is 12.3. The van der Waals surface area contributed by atoms with Crippen molar-refractivity contribution in [1.29, 1.82) is 5.26 Å². The quantitative estimate of drug-likeness (QED) is 0.526. The Kier molecular flexibility index (Phi) is 5.62. The average molecular weight is 440 g/mol. The van der Waals surface area contributed by atoms with Crippen LogP contribution in [0.5, 0.6) is 0 Å². The van der Waals surface area contributed by atoms with Crippen LogP contribution in [0.25, 0.3) is 5.69 Å².